The van der Waals surface area contributed by atoms with E-state index in [-0.39, 0.29) is 33.8 Å². The van der Waals surface area contributed by atoms with Crippen molar-refractivity contribution in [3.8, 4) is 5.75 Å². The number of anilines is 3. The number of hydrogen-bond acceptors (Lipinski definition) is 6. The van der Waals surface area contributed by atoms with Crippen LogP contribution in [0.4, 0.5) is 39.8 Å². The smallest absolute Gasteiger partial charge is 0.416 e. The summed E-state index contributed by atoms with van der Waals surface area (Å²) in [5.74, 6) is -0.710. The number of carbonyl (C=O) groups is 1. The highest BCUT2D eigenvalue weighted by Gasteiger charge is 2.37. The largest absolute Gasteiger partial charge is 0.490 e. The van der Waals surface area contributed by atoms with Gasteiger partial charge in [0.25, 0.3) is 0 Å². The van der Waals surface area contributed by atoms with E-state index >= 15 is 0 Å². The van der Waals surface area contributed by atoms with Crippen molar-refractivity contribution < 1.29 is 32.2 Å². The van der Waals surface area contributed by atoms with E-state index in [1.807, 2.05) is 19.1 Å². The molecule has 1 unspecified atom stereocenters. The molecule has 0 bridgehead atoms. The van der Waals surface area contributed by atoms with Crippen LogP contribution in [0.3, 0.4) is 0 Å². The van der Waals surface area contributed by atoms with Gasteiger partial charge in [-0.1, -0.05) is 35.7 Å². The summed E-state index contributed by atoms with van der Waals surface area (Å²) in [6.45, 7) is 8.80. The number of halogens is 5. The van der Waals surface area contributed by atoms with E-state index in [4.69, 9.17) is 16.3 Å². The molecule has 1 atom stereocenters. The van der Waals surface area contributed by atoms with E-state index in [0.29, 0.717) is 23.3 Å². The third-order valence-corrected chi connectivity index (χ3v) is 8.84. The van der Waals surface area contributed by atoms with Gasteiger partial charge < -0.3 is 20.1 Å². The Morgan fingerprint density at radius 3 is 2.41 bits per heavy atom. The molecule has 1 aliphatic heterocycles. The Hall–Kier alpha value is -4.42. The van der Waals surface area contributed by atoms with Gasteiger partial charge in [-0.3, -0.25) is 0 Å². The van der Waals surface area contributed by atoms with Gasteiger partial charge in [0.15, 0.2) is 11.6 Å². The topological polar surface area (TPSA) is 90.8 Å². The fraction of sp³-hybridized carbons (Fsp3) is 0.361. The molecule has 2 heterocycles. The number of carboxylic acid groups (broad SMARTS) is 1. The molecule has 2 N–H and O–H groups in total. The summed E-state index contributed by atoms with van der Waals surface area (Å²) >= 11 is 6.52. The number of alkyl halides is 3. The van der Waals surface area contributed by atoms with Crippen molar-refractivity contribution >= 4 is 35.1 Å². The van der Waals surface area contributed by atoms with Crippen LogP contribution in [0, 0.1) is 26.6 Å². The molecule has 1 amide bonds. The average Bonchev–Trinajstić information content (AvgIpc) is 3.03. The standard InChI is InChI=1S/C36H38ClF4N5O3/c1-22-18-23(2)32(24(3)19-22)33(27-20-25(36(39,40)41)8-10-28(27)37)46(35(47)48)31-12-13-42-34(44-31)43-26-9-11-30(29(38)21-26)49-17-7-16-45-14-5-4-6-15-45/h8-13,18-21,33H,4-7,14-17H2,1-3H3,(H,47,48)(H,42,43,44). The molecule has 1 aliphatic rings. The number of aryl methyl sites for hydroxylation is 3. The number of aromatic nitrogens is 2. The van der Waals surface area contributed by atoms with E-state index in [1.54, 1.807) is 19.9 Å². The summed E-state index contributed by atoms with van der Waals surface area (Å²) in [5.41, 5.74) is 1.87. The molecule has 0 radical (unpaired) electrons. The van der Waals surface area contributed by atoms with Crippen molar-refractivity contribution in [3.05, 3.63) is 105 Å². The summed E-state index contributed by atoms with van der Waals surface area (Å²) in [4.78, 5) is 24.8. The monoisotopic (exact) mass is 699 g/mol. The Bertz CT molecular complexity index is 1780. The highest BCUT2D eigenvalue weighted by molar-refractivity contribution is 6.31. The number of nitrogens with zero attached hydrogens (tertiary/aromatic N) is 4. The predicted octanol–water partition coefficient (Wildman–Crippen LogP) is 9.49. The number of piperidine rings is 1. The number of hydrogen-bond donors (Lipinski definition) is 2. The van der Waals surface area contributed by atoms with Crippen molar-refractivity contribution in [2.45, 2.75) is 58.7 Å². The summed E-state index contributed by atoms with van der Waals surface area (Å²) in [6, 6.07) is 10.8. The molecule has 260 valence electrons. The molecule has 8 nitrogen and oxygen atoms in total. The van der Waals surface area contributed by atoms with Crippen LogP contribution in [0.1, 0.15) is 65.1 Å². The minimum absolute atomic E-state index is 0.0553. The van der Waals surface area contributed by atoms with Gasteiger partial charge in [-0.05, 0) is 112 Å². The number of ether oxygens (including phenoxy) is 1. The third kappa shape index (κ3) is 8.79. The molecule has 4 aromatic rings. The van der Waals surface area contributed by atoms with E-state index in [9.17, 15) is 27.5 Å². The summed E-state index contributed by atoms with van der Waals surface area (Å²) < 4.78 is 62.3. The molecule has 1 fully saturated rings. The molecular formula is C36H38ClF4N5O3. The second kappa shape index (κ2) is 15.4. The van der Waals surface area contributed by atoms with Crippen molar-refractivity contribution in [2.24, 2.45) is 0 Å². The number of rotatable bonds is 11. The summed E-state index contributed by atoms with van der Waals surface area (Å²) in [7, 11) is 0. The molecule has 3 aromatic carbocycles. The van der Waals surface area contributed by atoms with Crippen molar-refractivity contribution in [3.63, 3.8) is 0 Å². The molecule has 0 spiro atoms. The van der Waals surface area contributed by atoms with E-state index in [1.165, 1.54) is 43.7 Å². The lowest BCUT2D eigenvalue weighted by molar-refractivity contribution is -0.137. The minimum Gasteiger partial charge on any atom is -0.490 e. The van der Waals surface area contributed by atoms with Crippen LogP contribution in [0.2, 0.25) is 5.02 Å². The maximum Gasteiger partial charge on any atom is 0.416 e. The van der Waals surface area contributed by atoms with E-state index < -0.39 is 29.7 Å². The maximum atomic E-state index is 15.0. The Balaban J connectivity index is 1.44. The van der Waals surface area contributed by atoms with Gasteiger partial charge in [-0.2, -0.15) is 18.2 Å². The Morgan fingerprint density at radius 1 is 1.04 bits per heavy atom. The Morgan fingerprint density at radius 2 is 1.76 bits per heavy atom. The molecule has 5 rings (SSSR count). The lowest BCUT2D eigenvalue weighted by Crippen LogP contribution is -2.36. The van der Waals surface area contributed by atoms with Crippen LogP contribution in [0.15, 0.2) is 60.8 Å². The highest BCUT2D eigenvalue weighted by atomic mass is 35.5. The zero-order valence-electron chi connectivity index (χ0n) is 27.5. The first-order valence-electron chi connectivity index (χ1n) is 16.0. The Labute approximate surface area is 287 Å². The fourth-order valence-corrected chi connectivity index (χ4v) is 6.56. The first-order valence-corrected chi connectivity index (χ1v) is 16.4. The van der Waals surface area contributed by atoms with Crippen LogP contribution in [0.25, 0.3) is 0 Å². The van der Waals surface area contributed by atoms with Gasteiger partial charge in [0, 0.05) is 29.5 Å². The average molecular weight is 700 g/mol. The third-order valence-electron chi connectivity index (χ3n) is 8.49. The van der Waals surface area contributed by atoms with Gasteiger partial charge in [0.05, 0.1) is 18.2 Å². The molecule has 0 saturated carbocycles. The SMILES string of the molecule is Cc1cc(C)c(C(c2cc(C(F)(F)F)ccc2Cl)N(C(=O)O)c2ccnc(Nc3ccc(OCCCN4CCCCC4)c(F)c3)n2)c(C)c1. The zero-order chi connectivity index (χ0) is 35.3. The molecule has 0 aliphatic carbocycles. The Kier molecular flexibility index (Phi) is 11.3. The lowest BCUT2D eigenvalue weighted by atomic mass is 9.88. The summed E-state index contributed by atoms with van der Waals surface area (Å²) in [5, 5.41) is 13.4. The van der Waals surface area contributed by atoms with Crippen LogP contribution in [-0.4, -0.2) is 52.3 Å². The molecule has 49 heavy (non-hydrogen) atoms. The minimum atomic E-state index is -4.70. The van der Waals surface area contributed by atoms with Gasteiger partial charge in [-0.15, -0.1) is 0 Å². The zero-order valence-corrected chi connectivity index (χ0v) is 28.2. The first-order chi connectivity index (χ1) is 23.3. The highest BCUT2D eigenvalue weighted by Crippen LogP contribution is 2.42. The van der Waals surface area contributed by atoms with E-state index in [0.717, 1.165) is 54.7 Å². The quantitative estimate of drug-likeness (QED) is 0.119. The molecule has 13 heteroatoms. The van der Waals surface area contributed by atoms with Crippen LogP contribution < -0.4 is 15.0 Å². The van der Waals surface area contributed by atoms with Crippen LogP contribution >= 0.6 is 11.6 Å². The molecular weight excluding hydrogens is 662 g/mol. The number of benzene rings is 3. The van der Waals surface area contributed by atoms with Crippen LogP contribution in [0.5, 0.6) is 5.75 Å². The van der Waals surface area contributed by atoms with Crippen LogP contribution in [-0.2, 0) is 6.18 Å². The first kappa shape index (κ1) is 35.9. The van der Waals surface area contributed by atoms with Gasteiger partial charge in [0.1, 0.15) is 5.82 Å². The second-order valence-corrected chi connectivity index (χ2v) is 12.6. The summed E-state index contributed by atoms with van der Waals surface area (Å²) in [6.07, 6.45) is -0.470. The number of nitrogens with one attached hydrogen (secondary N) is 1. The molecule has 1 saturated heterocycles. The van der Waals surface area contributed by atoms with Gasteiger partial charge >= 0.3 is 12.3 Å². The number of amides is 1. The van der Waals surface area contributed by atoms with Gasteiger partial charge in [0.2, 0.25) is 5.95 Å². The lowest BCUT2D eigenvalue weighted by Gasteiger charge is -2.32. The normalized spacial score (nSPS) is 14.4. The van der Waals surface area contributed by atoms with Crippen molar-refractivity contribution in [1.82, 2.24) is 14.9 Å². The van der Waals surface area contributed by atoms with Gasteiger partial charge in [-0.25, -0.2) is 19.1 Å². The van der Waals surface area contributed by atoms with Crippen molar-refractivity contribution in [1.29, 1.82) is 0 Å². The van der Waals surface area contributed by atoms with Crippen molar-refractivity contribution in [2.75, 3.05) is 36.5 Å². The maximum absolute atomic E-state index is 15.0. The predicted molar refractivity (Wildman–Crippen MR) is 182 cm³/mol. The number of likely N-dealkylation sites (tertiary alicyclic amines) is 1. The van der Waals surface area contributed by atoms with E-state index in [2.05, 4.69) is 20.2 Å². The fourth-order valence-electron chi connectivity index (χ4n) is 6.34. The second-order valence-electron chi connectivity index (χ2n) is 12.2. The molecule has 1 aromatic heterocycles.